The molecule has 0 aromatic heterocycles. The van der Waals surface area contributed by atoms with Gasteiger partial charge < -0.3 is 9.84 Å². The highest BCUT2D eigenvalue weighted by Gasteiger charge is 2.16. The summed E-state index contributed by atoms with van der Waals surface area (Å²) in [7, 11) is 0. The molecule has 0 saturated heterocycles. The van der Waals surface area contributed by atoms with E-state index in [0.29, 0.717) is 6.42 Å². The number of carbonyl (C=O) groups is 2. The Morgan fingerprint density at radius 2 is 2.21 bits per heavy atom. The lowest BCUT2D eigenvalue weighted by molar-refractivity contribution is -0.151. The van der Waals surface area contributed by atoms with Crippen molar-refractivity contribution in [2.24, 2.45) is 0 Å². The van der Waals surface area contributed by atoms with Gasteiger partial charge in [-0.05, 0) is 6.92 Å². The number of aliphatic hydroxyl groups excluding tert-OH is 1. The van der Waals surface area contributed by atoms with Crippen LogP contribution in [-0.4, -0.2) is 29.1 Å². The van der Waals surface area contributed by atoms with Gasteiger partial charge >= 0.3 is 5.97 Å². The molecule has 14 heavy (non-hydrogen) atoms. The number of cyclic esters (lactones) is 1. The summed E-state index contributed by atoms with van der Waals surface area (Å²) in [5.41, 5.74) is 0. The Kier molecular flexibility index (Phi) is 3.83. The lowest BCUT2D eigenvalue weighted by Gasteiger charge is -2.16. The molecule has 1 heterocycles. The van der Waals surface area contributed by atoms with Crippen LogP contribution in [0.15, 0.2) is 12.2 Å². The molecule has 1 aliphatic heterocycles. The molecule has 0 fully saturated rings. The first-order valence-corrected chi connectivity index (χ1v) is 4.64. The molecule has 1 aliphatic rings. The second-order valence-corrected chi connectivity index (χ2v) is 3.45. The molecule has 2 unspecified atom stereocenters. The fourth-order valence-electron chi connectivity index (χ4n) is 1.32. The van der Waals surface area contributed by atoms with Gasteiger partial charge in [-0.15, -0.1) is 0 Å². The van der Waals surface area contributed by atoms with Gasteiger partial charge in [0.1, 0.15) is 18.3 Å². The van der Waals surface area contributed by atoms with Crippen molar-refractivity contribution < 1.29 is 19.4 Å². The average molecular weight is 198 g/mol. The molecule has 78 valence electrons. The predicted octanol–water partition coefficient (Wildman–Crippen LogP) is 0.588. The first-order valence-electron chi connectivity index (χ1n) is 4.64. The minimum absolute atomic E-state index is 0.176. The van der Waals surface area contributed by atoms with Crippen molar-refractivity contribution in [1.29, 1.82) is 0 Å². The summed E-state index contributed by atoms with van der Waals surface area (Å²) in [5.74, 6) is -0.697. The van der Waals surface area contributed by atoms with Crippen molar-refractivity contribution in [1.82, 2.24) is 0 Å². The maximum absolute atomic E-state index is 11.1. The van der Waals surface area contributed by atoms with E-state index in [2.05, 4.69) is 0 Å². The number of ether oxygens (including phenoxy) is 1. The number of Topliss-reactive ketones (excluding diaryl/α,β-unsaturated/α-hetero) is 1. The smallest absolute Gasteiger partial charge is 0.313 e. The highest BCUT2D eigenvalue weighted by atomic mass is 16.5. The van der Waals surface area contributed by atoms with Gasteiger partial charge in [-0.2, -0.15) is 0 Å². The monoisotopic (exact) mass is 198 g/mol. The number of esters is 1. The Labute approximate surface area is 82.6 Å². The molecular formula is C10H14O4. The lowest BCUT2D eigenvalue weighted by atomic mass is 10.1. The zero-order valence-corrected chi connectivity index (χ0v) is 8.10. The number of allylic oxidation sites excluding steroid dienone is 1. The van der Waals surface area contributed by atoms with E-state index in [1.165, 1.54) is 0 Å². The largest absolute Gasteiger partial charge is 0.462 e. The molecule has 4 heteroatoms. The van der Waals surface area contributed by atoms with Crippen molar-refractivity contribution in [3.05, 3.63) is 12.2 Å². The number of hydrogen-bond donors (Lipinski definition) is 1. The molecule has 0 aromatic rings. The summed E-state index contributed by atoms with van der Waals surface area (Å²) in [6, 6.07) is 0. The summed E-state index contributed by atoms with van der Waals surface area (Å²) in [6.07, 6.45) is 2.53. The first kappa shape index (κ1) is 10.9. The first-order chi connectivity index (χ1) is 6.58. The van der Waals surface area contributed by atoms with E-state index in [1.807, 2.05) is 0 Å². The van der Waals surface area contributed by atoms with Crippen molar-refractivity contribution in [3.63, 3.8) is 0 Å². The van der Waals surface area contributed by atoms with E-state index in [1.54, 1.807) is 19.1 Å². The highest BCUT2D eigenvalue weighted by molar-refractivity contribution is 5.96. The molecule has 1 rings (SSSR count). The second kappa shape index (κ2) is 4.91. The molecule has 0 aliphatic carbocycles. The Balaban J connectivity index is 2.65. The van der Waals surface area contributed by atoms with Crippen LogP contribution >= 0.6 is 0 Å². The van der Waals surface area contributed by atoms with Crippen LogP contribution < -0.4 is 0 Å². The third-order valence-electron chi connectivity index (χ3n) is 1.95. The van der Waals surface area contributed by atoms with Crippen LogP contribution in [0.4, 0.5) is 0 Å². The molecule has 2 atom stereocenters. The second-order valence-electron chi connectivity index (χ2n) is 3.45. The summed E-state index contributed by atoms with van der Waals surface area (Å²) >= 11 is 0. The van der Waals surface area contributed by atoms with Gasteiger partial charge in [0.05, 0.1) is 6.10 Å². The van der Waals surface area contributed by atoms with Crippen LogP contribution in [0, 0.1) is 0 Å². The maximum atomic E-state index is 11.1. The van der Waals surface area contributed by atoms with E-state index in [0.717, 1.165) is 0 Å². The predicted molar refractivity (Wildman–Crippen MR) is 49.6 cm³/mol. The van der Waals surface area contributed by atoms with Gasteiger partial charge in [-0.3, -0.25) is 9.59 Å². The Morgan fingerprint density at radius 3 is 2.93 bits per heavy atom. The minimum atomic E-state index is -0.649. The van der Waals surface area contributed by atoms with Gasteiger partial charge in [-0.25, -0.2) is 0 Å². The molecule has 0 radical (unpaired) electrons. The van der Waals surface area contributed by atoms with Crippen LogP contribution in [0.3, 0.4) is 0 Å². The lowest BCUT2D eigenvalue weighted by Crippen LogP contribution is -2.22. The Morgan fingerprint density at radius 1 is 1.50 bits per heavy atom. The van der Waals surface area contributed by atoms with Crippen LogP contribution in [-0.2, 0) is 14.3 Å². The summed E-state index contributed by atoms with van der Waals surface area (Å²) in [5, 5.41) is 9.38. The van der Waals surface area contributed by atoms with Gasteiger partial charge in [-0.1, -0.05) is 12.2 Å². The van der Waals surface area contributed by atoms with Crippen molar-refractivity contribution in [2.75, 3.05) is 0 Å². The fourth-order valence-corrected chi connectivity index (χ4v) is 1.32. The average Bonchev–Trinajstić information content (AvgIpc) is 2.01. The fraction of sp³-hybridized carbons (Fsp3) is 0.600. The van der Waals surface area contributed by atoms with Crippen LogP contribution in [0.1, 0.15) is 26.2 Å². The number of carbonyl (C=O) groups excluding carboxylic acids is 2. The van der Waals surface area contributed by atoms with Crippen LogP contribution in [0.5, 0.6) is 0 Å². The molecule has 0 saturated carbocycles. The zero-order chi connectivity index (χ0) is 10.6. The van der Waals surface area contributed by atoms with E-state index in [-0.39, 0.29) is 24.7 Å². The number of ketones is 1. The SMILES string of the molecule is CC1CC(O)/C=C\CC(=O)CC(=O)O1. The quantitative estimate of drug-likeness (QED) is 0.351. The summed E-state index contributed by atoms with van der Waals surface area (Å²) in [6.45, 7) is 1.70. The molecule has 0 bridgehead atoms. The normalized spacial score (nSPS) is 32.1. The standard InChI is InChI=1S/C10H14O4/c1-7-5-8(11)3-2-4-9(12)6-10(13)14-7/h2-3,7-8,11H,4-6H2,1H3/b3-2-. The Hall–Kier alpha value is -1.16. The van der Waals surface area contributed by atoms with Crippen LogP contribution in [0.25, 0.3) is 0 Å². The van der Waals surface area contributed by atoms with E-state index in [4.69, 9.17) is 4.74 Å². The van der Waals surface area contributed by atoms with Crippen molar-refractivity contribution >= 4 is 11.8 Å². The van der Waals surface area contributed by atoms with E-state index >= 15 is 0 Å². The molecular weight excluding hydrogens is 184 g/mol. The molecule has 0 aromatic carbocycles. The number of hydrogen-bond acceptors (Lipinski definition) is 4. The van der Waals surface area contributed by atoms with E-state index < -0.39 is 12.1 Å². The molecule has 0 amide bonds. The topological polar surface area (TPSA) is 63.6 Å². The van der Waals surface area contributed by atoms with Gasteiger partial charge in [0, 0.05) is 12.8 Å². The van der Waals surface area contributed by atoms with Crippen molar-refractivity contribution in [2.45, 2.75) is 38.4 Å². The minimum Gasteiger partial charge on any atom is -0.462 e. The third kappa shape index (κ3) is 3.70. The third-order valence-corrected chi connectivity index (χ3v) is 1.95. The van der Waals surface area contributed by atoms with E-state index in [9.17, 15) is 14.7 Å². The van der Waals surface area contributed by atoms with Gasteiger partial charge in [0.25, 0.3) is 0 Å². The molecule has 4 nitrogen and oxygen atoms in total. The van der Waals surface area contributed by atoms with Crippen LogP contribution in [0.2, 0.25) is 0 Å². The zero-order valence-electron chi connectivity index (χ0n) is 8.10. The Bertz CT molecular complexity index is 257. The van der Waals surface area contributed by atoms with Gasteiger partial charge in [0.2, 0.25) is 0 Å². The molecule has 1 N–H and O–H groups in total. The summed E-state index contributed by atoms with van der Waals surface area (Å²) in [4.78, 5) is 22.2. The summed E-state index contributed by atoms with van der Waals surface area (Å²) < 4.78 is 4.91. The van der Waals surface area contributed by atoms with Gasteiger partial charge in [0.15, 0.2) is 0 Å². The van der Waals surface area contributed by atoms with Crippen molar-refractivity contribution in [3.8, 4) is 0 Å². The maximum Gasteiger partial charge on any atom is 0.313 e. The number of rotatable bonds is 0. The molecule has 0 spiro atoms. The number of aliphatic hydroxyl groups is 1. The highest BCUT2D eigenvalue weighted by Crippen LogP contribution is 2.08.